The molecule has 1 N–H and O–H groups in total. The second-order valence-corrected chi connectivity index (χ2v) is 9.46. The van der Waals surface area contributed by atoms with Crippen molar-refractivity contribution in [2.75, 3.05) is 6.61 Å². The van der Waals surface area contributed by atoms with Gasteiger partial charge >= 0.3 is 0 Å². The highest BCUT2D eigenvalue weighted by Gasteiger charge is 2.38. The molecule has 24 heavy (non-hydrogen) atoms. The summed E-state index contributed by atoms with van der Waals surface area (Å²) in [6, 6.07) is 4.90. The summed E-state index contributed by atoms with van der Waals surface area (Å²) in [7, 11) is -3.64. The monoisotopic (exact) mass is 355 g/mol. The van der Waals surface area contributed by atoms with Crippen molar-refractivity contribution in [1.29, 1.82) is 5.41 Å². The van der Waals surface area contributed by atoms with Crippen molar-refractivity contribution in [3.8, 4) is 5.75 Å². The number of sulfone groups is 1. The molecule has 4 nitrogen and oxygen atoms in total. The molecule has 1 saturated carbocycles. The van der Waals surface area contributed by atoms with E-state index >= 15 is 0 Å². The second-order valence-electron chi connectivity index (χ2n) is 6.92. The van der Waals surface area contributed by atoms with Gasteiger partial charge in [0.2, 0.25) is 0 Å². The lowest BCUT2D eigenvalue weighted by atomic mass is 10.1. The van der Waals surface area contributed by atoms with Crippen molar-refractivity contribution in [3.63, 3.8) is 0 Å². The summed E-state index contributed by atoms with van der Waals surface area (Å²) in [5, 5.41) is 7.94. The SMILES string of the molecule is CCC(=N)C(C)(C)S(=O)(=O)Cc1cc(OCC2CC2)ccc1CF. The van der Waals surface area contributed by atoms with Crippen molar-refractivity contribution < 1.29 is 17.5 Å². The van der Waals surface area contributed by atoms with E-state index in [0.717, 1.165) is 12.8 Å². The molecule has 0 aromatic heterocycles. The van der Waals surface area contributed by atoms with Crippen LogP contribution in [0.3, 0.4) is 0 Å². The molecular formula is C18H26FNO3S. The van der Waals surface area contributed by atoms with Crippen molar-refractivity contribution in [2.24, 2.45) is 5.92 Å². The average Bonchev–Trinajstić information content (AvgIpc) is 3.36. The van der Waals surface area contributed by atoms with Gasteiger partial charge in [0.05, 0.1) is 12.4 Å². The van der Waals surface area contributed by atoms with Gasteiger partial charge in [-0.15, -0.1) is 0 Å². The van der Waals surface area contributed by atoms with E-state index in [1.807, 2.05) is 0 Å². The summed E-state index contributed by atoms with van der Waals surface area (Å²) in [5.74, 6) is 0.872. The van der Waals surface area contributed by atoms with Crippen LogP contribution in [0.1, 0.15) is 51.2 Å². The molecule has 0 radical (unpaired) electrons. The van der Waals surface area contributed by atoms with Gasteiger partial charge in [-0.25, -0.2) is 12.8 Å². The van der Waals surface area contributed by atoms with Crippen LogP contribution in [0.2, 0.25) is 0 Å². The number of rotatable bonds is 9. The molecule has 0 aliphatic heterocycles. The quantitative estimate of drug-likeness (QED) is 0.679. The molecule has 134 valence electrons. The summed E-state index contributed by atoms with van der Waals surface area (Å²) in [4.78, 5) is 0. The smallest absolute Gasteiger partial charge is 0.164 e. The highest BCUT2D eigenvalue weighted by molar-refractivity contribution is 7.92. The Labute approximate surface area is 143 Å². The molecule has 0 bridgehead atoms. The fraction of sp³-hybridized carbons (Fsp3) is 0.611. The normalized spacial score (nSPS) is 15.3. The van der Waals surface area contributed by atoms with E-state index in [9.17, 15) is 12.8 Å². The third-order valence-electron chi connectivity index (χ3n) is 4.71. The van der Waals surface area contributed by atoms with E-state index < -0.39 is 21.3 Å². The summed E-state index contributed by atoms with van der Waals surface area (Å²) in [6.07, 6.45) is 2.70. The minimum absolute atomic E-state index is 0.158. The van der Waals surface area contributed by atoms with Gasteiger partial charge in [-0.2, -0.15) is 0 Å². The molecule has 0 unspecified atom stereocenters. The molecular weight excluding hydrogens is 329 g/mol. The molecule has 0 heterocycles. The minimum atomic E-state index is -3.64. The maximum absolute atomic E-state index is 13.3. The minimum Gasteiger partial charge on any atom is -0.493 e. The zero-order valence-corrected chi connectivity index (χ0v) is 15.4. The van der Waals surface area contributed by atoms with E-state index in [0.29, 0.717) is 35.8 Å². The predicted octanol–water partition coefficient (Wildman–Crippen LogP) is 4.07. The molecule has 0 spiro atoms. The van der Waals surface area contributed by atoms with E-state index in [-0.39, 0.29) is 11.5 Å². The largest absolute Gasteiger partial charge is 0.493 e. The van der Waals surface area contributed by atoms with Crippen LogP contribution in [0.4, 0.5) is 4.39 Å². The van der Waals surface area contributed by atoms with Crippen molar-refractivity contribution in [1.82, 2.24) is 0 Å². The number of hydrogen-bond donors (Lipinski definition) is 1. The second kappa shape index (κ2) is 7.21. The average molecular weight is 355 g/mol. The predicted molar refractivity (Wildman–Crippen MR) is 94.2 cm³/mol. The number of hydrogen-bond acceptors (Lipinski definition) is 4. The summed E-state index contributed by atoms with van der Waals surface area (Å²) in [6.45, 7) is 4.74. The Hall–Kier alpha value is -1.43. The summed E-state index contributed by atoms with van der Waals surface area (Å²) >= 11 is 0. The third-order valence-corrected chi connectivity index (χ3v) is 7.20. The summed E-state index contributed by atoms with van der Waals surface area (Å²) < 4.78 is 43.2. The van der Waals surface area contributed by atoms with Crippen LogP contribution >= 0.6 is 0 Å². The van der Waals surface area contributed by atoms with Crippen LogP contribution in [0.5, 0.6) is 5.75 Å². The van der Waals surface area contributed by atoms with E-state index in [1.54, 1.807) is 25.1 Å². The Morgan fingerprint density at radius 2 is 2.00 bits per heavy atom. The number of halogens is 1. The van der Waals surface area contributed by atoms with Crippen LogP contribution in [-0.4, -0.2) is 25.5 Å². The van der Waals surface area contributed by atoms with Crippen LogP contribution in [0.15, 0.2) is 18.2 Å². The van der Waals surface area contributed by atoms with Crippen molar-refractivity contribution >= 4 is 15.5 Å². The number of alkyl halides is 1. The lowest BCUT2D eigenvalue weighted by Crippen LogP contribution is -2.40. The molecule has 0 atom stereocenters. The maximum Gasteiger partial charge on any atom is 0.164 e. The summed E-state index contributed by atoms with van der Waals surface area (Å²) in [5.41, 5.74) is 0.935. The third kappa shape index (κ3) is 4.15. The number of nitrogens with one attached hydrogen (secondary N) is 1. The van der Waals surface area contributed by atoms with Gasteiger partial charge in [-0.05, 0) is 62.3 Å². The highest BCUT2D eigenvalue weighted by atomic mass is 32.2. The molecule has 1 aromatic rings. The first-order valence-corrected chi connectivity index (χ1v) is 9.97. The van der Waals surface area contributed by atoms with Crippen LogP contribution in [0, 0.1) is 11.3 Å². The van der Waals surface area contributed by atoms with Crippen LogP contribution < -0.4 is 4.74 Å². The molecule has 6 heteroatoms. The molecule has 1 aliphatic rings. The topological polar surface area (TPSA) is 67.2 Å². The molecule has 1 fully saturated rings. The van der Waals surface area contributed by atoms with Gasteiger partial charge in [0.15, 0.2) is 9.84 Å². The van der Waals surface area contributed by atoms with E-state index in [2.05, 4.69) is 0 Å². The Morgan fingerprint density at radius 3 is 2.54 bits per heavy atom. The van der Waals surface area contributed by atoms with Gasteiger partial charge in [-0.1, -0.05) is 13.0 Å². The van der Waals surface area contributed by atoms with Gasteiger partial charge in [0.25, 0.3) is 0 Å². The first kappa shape index (κ1) is 18.9. The van der Waals surface area contributed by atoms with Gasteiger partial charge in [0, 0.05) is 5.71 Å². The molecule has 1 aromatic carbocycles. The highest BCUT2D eigenvalue weighted by Crippen LogP contribution is 2.31. The van der Waals surface area contributed by atoms with Crippen molar-refractivity contribution in [2.45, 2.75) is 57.2 Å². The van der Waals surface area contributed by atoms with Crippen LogP contribution in [-0.2, 0) is 22.3 Å². The molecule has 1 aliphatic carbocycles. The fourth-order valence-electron chi connectivity index (χ4n) is 2.45. The number of ether oxygens (including phenoxy) is 1. The van der Waals surface area contributed by atoms with Crippen LogP contribution in [0.25, 0.3) is 0 Å². The fourth-order valence-corrected chi connectivity index (χ4v) is 4.01. The lowest BCUT2D eigenvalue weighted by molar-refractivity contribution is 0.299. The van der Waals surface area contributed by atoms with Gasteiger partial charge in [0.1, 0.15) is 17.2 Å². The Morgan fingerprint density at radius 1 is 1.33 bits per heavy atom. The Balaban J connectivity index is 2.25. The lowest BCUT2D eigenvalue weighted by Gasteiger charge is -2.26. The van der Waals surface area contributed by atoms with E-state index in [1.165, 1.54) is 13.8 Å². The zero-order chi connectivity index (χ0) is 18.0. The molecule has 0 amide bonds. The Bertz CT molecular complexity index is 709. The van der Waals surface area contributed by atoms with Gasteiger partial charge < -0.3 is 10.1 Å². The first-order valence-electron chi connectivity index (χ1n) is 8.32. The molecule has 2 rings (SSSR count). The standard InChI is InChI=1S/C18H26FNO3S/c1-4-17(20)18(2,3)24(21,22)12-15-9-16(8-7-14(15)10-19)23-11-13-5-6-13/h7-9,13,20H,4-6,10-12H2,1-3H3. The number of benzene rings is 1. The molecule has 0 saturated heterocycles. The zero-order valence-electron chi connectivity index (χ0n) is 14.6. The van der Waals surface area contributed by atoms with Crippen molar-refractivity contribution in [3.05, 3.63) is 29.3 Å². The Kier molecular flexibility index (Phi) is 5.68. The van der Waals surface area contributed by atoms with Gasteiger partial charge in [-0.3, -0.25) is 0 Å². The maximum atomic E-state index is 13.3. The first-order chi connectivity index (χ1) is 11.2. The van der Waals surface area contributed by atoms with E-state index in [4.69, 9.17) is 10.1 Å².